The van der Waals surface area contributed by atoms with E-state index >= 15 is 0 Å². The van der Waals surface area contributed by atoms with E-state index in [4.69, 9.17) is 9.47 Å². The zero-order valence-corrected chi connectivity index (χ0v) is 17.4. The van der Waals surface area contributed by atoms with Gasteiger partial charge in [0.05, 0.1) is 24.6 Å². The Balaban J connectivity index is 2.62. The third-order valence-corrected chi connectivity index (χ3v) is 4.53. The highest BCUT2D eigenvalue weighted by Gasteiger charge is 2.33. The molecule has 0 aliphatic rings. The quantitative estimate of drug-likeness (QED) is 0.525. The van der Waals surface area contributed by atoms with Crippen LogP contribution >= 0.6 is 0 Å². The summed E-state index contributed by atoms with van der Waals surface area (Å²) in [5.41, 5.74) is 1.69. The van der Waals surface area contributed by atoms with E-state index in [9.17, 15) is 13.2 Å². The van der Waals surface area contributed by atoms with Gasteiger partial charge in [0.25, 0.3) is 0 Å². The van der Waals surface area contributed by atoms with Crippen molar-refractivity contribution >= 4 is 0 Å². The number of rotatable bonds is 9. The maximum atomic E-state index is 13.0. The van der Waals surface area contributed by atoms with Gasteiger partial charge in [-0.2, -0.15) is 0 Å². The Morgan fingerprint density at radius 1 is 0.966 bits per heavy atom. The van der Waals surface area contributed by atoms with Crippen LogP contribution in [-0.4, -0.2) is 29.5 Å². The largest absolute Gasteiger partial charge is 0.573 e. The maximum Gasteiger partial charge on any atom is 0.573 e. The van der Waals surface area contributed by atoms with Crippen molar-refractivity contribution in [3.63, 3.8) is 0 Å². The molecule has 0 aliphatic carbocycles. The average Bonchev–Trinajstić information content (AvgIpc) is 2.70. The van der Waals surface area contributed by atoms with Gasteiger partial charge in [-0.15, -0.1) is 13.2 Å². The highest BCUT2D eigenvalue weighted by molar-refractivity contribution is 5.71. The number of ether oxygens (including phenoxy) is 3. The van der Waals surface area contributed by atoms with E-state index in [0.717, 1.165) is 12.8 Å². The van der Waals surface area contributed by atoms with Gasteiger partial charge >= 0.3 is 6.36 Å². The summed E-state index contributed by atoms with van der Waals surface area (Å²) < 4.78 is 54.2. The fraction of sp³-hybridized carbons (Fsp3) is 0.524. The molecule has 0 N–H and O–H groups in total. The van der Waals surface area contributed by atoms with E-state index in [1.54, 1.807) is 6.07 Å². The van der Waals surface area contributed by atoms with Crippen molar-refractivity contribution in [1.82, 2.24) is 9.97 Å². The van der Waals surface area contributed by atoms with Crippen molar-refractivity contribution in [2.45, 2.75) is 65.8 Å². The molecule has 0 aliphatic heterocycles. The first kappa shape index (κ1) is 22.8. The lowest BCUT2D eigenvalue weighted by Crippen LogP contribution is -2.19. The summed E-state index contributed by atoms with van der Waals surface area (Å²) in [6.07, 6.45) is -2.17. The number of hydrogen-bond donors (Lipinski definition) is 0. The first-order chi connectivity index (χ1) is 13.8. The summed E-state index contributed by atoms with van der Waals surface area (Å²) in [7, 11) is 1.38. The molecule has 0 radical (unpaired) electrons. The fourth-order valence-electron chi connectivity index (χ4n) is 2.92. The van der Waals surface area contributed by atoms with Gasteiger partial charge in [0, 0.05) is 11.6 Å². The van der Waals surface area contributed by atoms with Crippen LogP contribution in [0, 0.1) is 0 Å². The standard InChI is InChI=1S/C21H27F3N2O3/c1-6-13(7-2)28-20-17(9-4)25-19(16(8-3)26-20)15-11-10-14(27-5)12-18(15)29-21(22,23)24/h10-13H,6-9H2,1-5H3. The second-order valence-corrected chi connectivity index (χ2v) is 6.44. The van der Waals surface area contributed by atoms with Crippen molar-refractivity contribution < 1.29 is 27.4 Å². The molecule has 2 aromatic rings. The number of halogens is 3. The predicted octanol–water partition coefficient (Wildman–Crippen LogP) is 5.74. The lowest BCUT2D eigenvalue weighted by Gasteiger charge is -2.20. The number of nitrogens with zero attached hydrogens (tertiary/aromatic N) is 2. The zero-order valence-electron chi connectivity index (χ0n) is 17.4. The molecule has 0 fully saturated rings. The first-order valence-electron chi connectivity index (χ1n) is 9.76. The van der Waals surface area contributed by atoms with Gasteiger partial charge in [-0.05, 0) is 37.8 Å². The second kappa shape index (κ2) is 9.80. The molecule has 0 bridgehead atoms. The topological polar surface area (TPSA) is 53.5 Å². The van der Waals surface area contributed by atoms with Gasteiger partial charge in [-0.1, -0.05) is 27.7 Å². The Morgan fingerprint density at radius 3 is 2.14 bits per heavy atom. The predicted molar refractivity (Wildman–Crippen MR) is 104 cm³/mol. The van der Waals surface area contributed by atoms with Crippen molar-refractivity contribution in [3.05, 3.63) is 29.6 Å². The van der Waals surface area contributed by atoms with Crippen LogP contribution in [0.2, 0.25) is 0 Å². The van der Waals surface area contributed by atoms with Gasteiger partial charge in [0.2, 0.25) is 5.88 Å². The molecule has 0 atom stereocenters. The van der Waals surface area contributed by atoms with Crippen LogP contribution in [0.15, 0.2) is 18.2 Å². The van der Waals surface area contributed by atoms with E-state index in [0.29, 0.717) is 35.8 Å². The third kappa shape index (κ3) is 5.74. The van der Waals surface area contributed by atoms with E-state index in [2.05, 4.69) is 14.7 Å². The third-order valence-electron chi connectivity index (χ3n) is 4.53. The average molecular weight is 412 g/mol. The van der Waals surface area contributed by atoms with Crippen LogP contribution < -0.4 is 14.2 Å². The van der Waals surface area contributed by atoms with Crippen molar-refractivity contribution in [1.29, 1.82) is 0 Å². The summed E-state index contributed by atoms with van der Waals surface area (Å²) in [5.74, 6) is 0.313. The van der Waals surface area contributed by atoms with Crippen LogP contribution in [-0.2, 0) is 12.8 Å². The smallest absolute Gasteiger partial charge is 0.497 e. The van der Waals surface area contributed by atoms with Crippen molar-refractivity contribution in [2.75, 3.05) is 7.11 Å². The number of benzene rings is 1. The van der Waals surface area contributed by atoms with Crippen LogP contribution in [0.4, 0.5) is 13.2 Å². The molecule has 8 heteroatoms. The van der Waals surface area contributed by atoms with Crippen molar-refractivity contribution in [2.24, 2.45) is 0 Å². The van der Waals surface area contributed by atoms with Crippen molar-refractivity contribution in [3.8, 4) is 28.6 Å². The molecule has 29 heavy (non-hydrogen) atoms. The summed E-state index contributed by atoms with van der Waals surface area (Å²) >= 11 is 0. The van der Waals surface area contributed by atoms with Gasteiger partial charge in [0.1, 0.15) is 17.2 Å². The highest BCUT2D eigenvalue weighted by atomic mass is 19.4. The minimum Gasteiger partial charge on any atom is -0.497 e. The monoisotopic (exact) mass is 412 g/mol. The summed E-state index contributed by atoms with van der Waals surface area (Å²) in [6, 6.07) is 4.27. The molecule has 160 valence electrons. The van der Waals surface area contributed by atoms with Crippen LogP contribution in [0.1, 0.15) is 51.9 Å². The number of hydrogen-bond acceptors (Lipinski definition) is 5. The molecule has 1 heterocycles. The molecular formula is C21H27F3N2O3. The molecular weight excluding hydrogens is 385 g/mol. The number of methoxy groups -OCH3 is 1. The van der Waals surface area contributed by atoms with Gasteiger partial charge in [-0.3, -0.25) is 0 Å². The van der Waals surface area contributed by atoms with E-state index in [-0.39, 0.29) is 23.2 Å². The molecule has 1 aromatic heterocycles. The van der Waals surface area contributed by atoms with Gasteiger partial charge in [-0.25, -0.2) is 9.97 Å². The molecule has 5 nitrogen and oxygen atoms in total. The molecule has 2 rings (SSSR count). The van der Waals surface area contributed by atoms with Crippen LogP contribution in [0.5, 0.6) is 17.4 Å². The molecule has 0 spiro atoms. The Labute approximate surface area is 169 Å². The van der Waals surface area contributed by atoms with Gasteiger partial charge in [0.15, 0.2) is 0 Å². The van der Waals surface area contributed by atoms with E-state index in [1.807, 2.05) is 27.7 Å². The lowest BCUT2D eigenvalue weighted by atomic mass is 10.1. The van der Waals surface area contributed by atoms with Crippen LogP contribution in [0.25, 0.3) is 11.3 Å². The molecule has 1 aromatic carbocycles. The van der Waals surface area contributed by atoms with E-state index < -0.39 is 6.36 Å². The Kier molecular flexibility index (Phi) is 7.70. The van der Waals surface area contributed by atoms with Crippen LogP contribution in [0.3, 0.4) is 0 Å². The maximum absolute atomic E-state index is 13.0. The van der Waals surface area contributed by atoms with Gasteiger partial charge < -0.3 is 14.2 Å². The zero-order chi connectivity index (χ0) is 21.6. The molecule has 0 unspecified atom stereocenters. The highest BCUT2D eigenvalue weighted by Crippen LogP contribution is 2.38. The minimum absolute atomic E-state index is 0.00951. The first-order valence-corrected chi connectivity index (χ1v) is 9.76. The fourth-order valence-corrected chi connectivity index (χ4v) is 2.92. The summed E-state index contributed by atoms with van der Waals surface area (Å²) in [5, 5.41) is 0. The molecule has 0 saturated carbocycles. The molecule has 0 saturated heterocycles. The normalized spacial score (nSPS) is 11.6. The second-order valence-electron chi connectivity index (χ2n) is 6.44. The lowest BCUT2D eigenvalue weighted by molar-refractivity contribution is -0.274. The Morgan fingerprint density at radius 2 is 1.62 bits per heavy atom. The van der Waals surface area contributed by atoms with E-state index in [1.165, 1.54) is 19.2 Å². The molecule has 0 amide bonds. The number of aromatic nitrogens is 2. The Hall–Kier alpha value is -2.51. The minimum atomic E-state index is -4.84. The summed E-state index contributed by atoms with van der Waals surface area (Å²) in [6.45, 7) is 7.83. The summed E-state index contributed by atoms with van der Waals surface area (Å²) in [4.78, 5) is 9.23. The Bertz CT molecular complexity index is 822. The SMILES string of the molecule is CCc1nc(-c2ccc(OC)cc2OC(F)(F)F)c(CC)nc1OC(CC)CC. The number of alkyl halides is 3. The number of aryl methyl sites for hydroxylation is 2.